The van der Waals surface area contributed by atoms with E-state index in [2.05, 4.69) is 11.9 Å². The number of fused-ring (bicyclic) bond motifs is 1. The molecule has 0 saturated heterocycles. The zero-order chi connectivity index (χ0) is 23.9. The van der Waals surface area contributed by atoms with Crippen molar-refractivity contribution in [3.8, 4) is 5.75 Å². The molecule has 0 aliphatic carbocycles. The van der Waals surface area contributed by atoms with Crippen LogP contribution in [0.5, 0.6) is 5.75 Å². The van der Waals surface area contributed by atoms with Crippen molar-refractivity contribution >= 4 is 25.0 Å². The van der Waals surface area contributed by atoms with Gasteiger partial charge < -0.3 is 24.5 Å². The van der Waals surface area contributed by atoms with Gasteiger partial charge in [-0.2, -0.15) is 13.2 Å². The molecule has 1 aromatic carbocycles. The van der Waals surface area contributed by atoms with Crippen LogP contribution in [0.15, 0.2) is 42.5 Å². The first-order valence-electron chi connectivity index (χ1n) is 9.50. The van der Waals surface area contributed by atoms with Gasteiger partial charge in [0, 0.05) is 6.42 Å². The van der Waals surface area contributed by atoms with Gasteiger partial charge in [0.25, 0.3) is 0 Å². The Bertz CT molecular complexity index is 917. The van der Waals surface area contributed by atoms with Gasteiger partial charge in [0.1, 0.15) is 11.3 Å². The molecule has 0 bridgehead atoms. The second-order valence-corrected chi connectivity index (χ2v) is 6.80. The van der Waals surface area contributed by atoms with Gasteiger partial charge in [-0.1, -0.05) is 30.9 Å². The van der Waals surface area contributed by atoms with Gasteiger partial charge in [0.2, 0.25) is 12.7 Å². The predicted molar refractivity (Wildman–Crippen MR) is 106 cm³/mol. The van der Waals surface area contributed by atoms with E-state index in [-0.39, 0.29) is 23.3 Å². The number of carbonyl (C=O) groups excluding carboxylic acids is 3. The summed E-state index contributed by atoms with van der Waals surface area (Å²) in [6.07, 6.45) is -3.54. The summed E-state index contributed by atoms with van der Waals surface area (Å²) in [7, 11) is -1.60. The first kappa shape index (κ1) is 25.0. The van der Waals surface area contributed by atoms with Gasteiger partial charge in [-0.3, -0.25) is 4.79 Å². The standard InChI is InChI=1S/C20H21BF3NO7/c1-3-5-12(2)18(27)30-11-31-19(28)14-7-4-6-13-10-15(21(29)32-17(13)14)25-16(26)8-9-20(22,23)24/h3-7,15,29H,2,8-11H2,1H3,(H,25,26)/b5-3-/t15-/m0/s1. The lowest BCUT2D eigenvalue weighted by Crippen LogP contribution is -2.53. The molecular weight excluding hydrogens is 434 g/mol. The van der Waals surface area contributed by atoms with Gasteiger partial charge >= 0.3 is 25.2 Å². The highest BCUT2D eigenvalue weighted by atomic mass is 19.4. The predicted octanol–water partition coefficient (Wildman–Crippen LogP) is 2.26. The van der Waals surface area contributed by atoms with E-state index in [0.717, 1.165) is 0 Å². The third-order valence-corrected chi connectivity index (χ3v) is 4.33. The SMILES string of the molecule is C=C(/C=C\C)C(=O)OCOC(=O)c1cccc2c1OB(O)[C@@H](NC(=O)CCC(F)(F)F)C2. The minimum absolute atomic E-state index is 0.00422. The number of halogens is 3. The minimum Gasteiger partial charge on any atom is -0.534 e. The minimum atomic E-state index is -4.48. The molecule has 1 heterocycles. The number of carbonyl (C=O) groups is 3. The van der Waals surface area contributed by atoms with Crippen LogP contribution in [0, 0.1) is 0 Å². The summed E-state index contributed by atoms with van der Waals surface area (Å²) in [6.45, 7) is 4.48. The number of ether oxygens (including phenoxy) is 2. The lowest BCUT2D eigenvalue weighted by atomic mass is 9.72. The lowest BCUT2D eigenvalue weighted by molar-refractivity contribution is -0.147. The highest BCUT2D eigenvalue weighted by Gasteiger charge is 2.38. The van der Waals surface area contributed by atoms with Crippen molar-refractivity contribution in [1.82, 2.24) is 5.32 Å². The second kappa shape index (κ2) is 10.8. The number of nitrogens with one attached hydrogen (secondary N) is 1. The Labute approximate surface area is 182 Å². The van der Waals surface area contributed by atoms with E-state index in [4.69, 9.17) is 14.1 Å². The van der Waals surface area contributed by atoms with Crippen LogP contribution in [-0.4, -0.2) is 48.9 Å². The van der Waals surface area contributed by atoms with E-state index >= 15 is 0 Å². The molecular formula is C20H21BF3NO7. The van der Waals surface area contributed by atoms with E-state index in [1.54, 1.807) is 19.1 Å². The van der Waals surface area contributed by atoms with Crippen molar-refractivity contribution in [3.63, 3.8) is 0 Å². The molecule has 0 spiro atoms. The number of allylic oxidation sites excluding steroid dienone is 1. The number of amides is 1. The normalized spacial score (nSPS) is 15.5. The molecule has 0 unspecified atom stereocenters. The smallest absolute Gasteiger partial charge is 0.534 e. The van der Waals surface area contributed by atoms with E-state index in [1.165, 1.54) is 18.2 Å². The van der Waals surface area contributed by atoms with Gasteiger partial charge in [-0.05, 0) is 25.0 Å². The zero-order valence-electron chi connectivity index (χ0n) is 17.1. The number of benzene rings is 1. The van der Waals surface area contributed by atoms with Crippen LogP contribution in [0.1, 0.15) is 35.7 Å². The molecule has 1 aliphatic heterocycles. The van der Waals surface area contributed by atoms with Crippen LogP contribution in [0.25, 0.3) is 0 Å². The highest BCUT2D eigenvalue weighted by molar-refractivity contribution is 6.47. The monoisotopic (exact) mass is 455 g/mol. The molecule has 32 heavy (non-hydrogen) atoms. The Balaban J connectivity index is 1.99. The summed E-state index contributed by atoms with van der Waals surface area (Å²) in [4.78, 5) is 35.7. The molecule has 2 rings (SSSR count). The van der Waals surface area contributed by atoms with Crippen molar-refractivity contribution in [2.24, 2.45) is 0 Å². The van der Waals surface area contributed by atoms with Crippen molar-refractivity contribution in [3.05, 3.63) is 53.6 Å². The molecule has 0 saturated carbocycles. The molecule has 1 atom stereocenters. The van der Waals surface area contributed by atoms with Gasteiger partial charge in [0.15, 0.2) is 0 Å². The lowest BCUT2D eigenvalue weighted by Gasteiger charge is -2.29. The maximum atomic E-state index is 12.4. The Morgan fingerprint density at radius 3 is 2.72 bits per heavy atom. The Hall–Kier alpha value is -3.28. The number of esters is 2. The Morgan fingerprint density at radius 1 is 1.34 bits per heavy atom. The summed E-state index contributed by atoms with van der Waals surface area (Å²) in [5.74, 6) is -3.58. The fourth-order valence-corrected chi connectivity index (χ4v) is 2.82. The van der Waals surface area contributed by atoms with Crippen LogP contribution in [-0.2, 0) is 25.5 Å². The zero-order valence-corrected chi connectivity index (χ0v) is 17.1. The number of hydrogen-bond donors (Lipinski definition) is 2. The Morgan fingerprint density at radius 2 is 2.06 bits per heavy atom. The van der Waals surface area contributed by atoms with Gasteiger partial charge in [-0.15, -0.1) is 0 Å². The number of alkyl halides is 3. The molecule has 1 amide bonds. The van der Waals surface area contributed by atoms with Crippen molar-refractivity contribution < 1.29 is 46.7 Å². The van der Waals surface area contributed by atoms with Crippen LogP contribution >= 0.6 is 0 Å². The first-order chi connectivity index (χ1) is 15.0. The van der Waals surface area contributed by atoms with Gasteiger partial charge in [0.05, 0.1) is 17.9 Å². The highest BCUT2D eigenvalue weighted by Crippen LogP contribution is 2.31. The van der Waals surface area contributed by atoms with Crippen molar-refractivity contribution in [2.75, 3.05) is 6.79 Å². The number of hydrogen-bond acceptors (Lipinski definition) is 7. The summed E-state index contributed by atoms with van der Waals surface area (Å²) in [5, 5.41) is 12.5. The number of para-hydroxylation sites is 1. The van der Waals surface area contributed by atoms with Crippen LogP contribution in [0.3, 0.4) is 0 Å². The third-order valence-electron chi connectivity index (χ3n) is 4.33. The second-order valence-electron chi connectivity index (χ2n) is 6.80. The van der Waals surface area contributed by atoms with E-state index in [1.807, 2.05) is 0 Å². The largest absolute Gasteiger partial charge is 0.547 e. The summed E-state index contributed by atoms with van der Waals surface area (Å²) < 4.78 is 51.8. The van der Waals surface area contributed by atoms with E-state index in [9.17, 15) is 32.6 Å². The van der Waals surface area contributed by atoms with Crippen LogP contribution in [0.2, 0.25) is 0 Å². The molecule has 8 nitrogen and oxygen atoms in total. The molecule has 0 aromatic heterocycles. The van der Waals surface area contributed by atoms with Crippen LogP contribution < -0.4 is 9.97 Å². The molecule has 12 heteroatoms. The number of rotatable bonds is 8. The molecule has 0 fully saturated rings. The van der Waals surface area contributed by atoms with Crippen LogP contribution in [0.4, 0.5) is 13.2 Å². The van der Waals surface area contributed by atoms with E-state index in [0.29, 0.717) is 5.56 Å². The molecule has 172 valence electrons. The van der Waals surface area contributed by atoms with E-state index < -0.39 is 56.7 Å². The maximum Gasteiger partial charge on any atom is 0.547 e. The van der Waals surface area contributed by atoms with Gasteiger partial charge in [-0.25, -0.2) is 9.59 Å². The molecule has 2 N–H and O–H groups in total. The molecule has 1 aromatic rings. The summed E-state index contributed by atoms with van der Waals surface area (Å²) >= 11 is 0. The summed E-state index contributed by atoms with van der Waals surface area (Å²) in [6, 6.07) is 4.42. The summed E-state index contributed by atoms with van der Waals surface area (Å²) in [5.41, 5.74) is 0.423. The first-order valence-corrected chi connectivity index (χ1v) is 9.50. The van der Waals surface area contributed by atoms with Crippen molar-refractivity contribution in [1.29, 1.82) is 0 Å². The fraction of sp³-hybridized carbons (Fsp3) is 0.350. The topological polar surface area (TPSA) is 111 Å². The quantitative estimate of drug-likeness (QED) is 0.203. The average Bonchev–Trinajstić information content (AvgIpc) is 2.72. The average molecular weight is 455 g/mol. The van der Waals surface area contributed by atoms with Crippen molar-refractivity contribution in [2.45, 2.75) is 38.3 Å². The molecule has 0 radical (unpaired) electrons. The third kappa shape index (κ3) is 7.15. The maximum absolute atomic E-state index is 12.4. The fourth-order valence-electron chi connectivity index (χ4n) is 2.82. The molecule has 1 aliphatic rings. The Kier molecular flexibility index (Phi) is 8.47.